The maximum atomic E-state index is 13.6. The SMILES string of the molecule is CN(Cc1ccc(F)c(C#CCO)c1)CC1CCCCO1. The van der Waals surface area contributed by atoms with Crippen LogP contribution in [0.1, 0.15) is 30.4 Å². The molecule has 3 nitrogen and oxygen atoms in total. The first kappa shape index (κ1) is 16.0. The van der Waals surface area contributed by atoms with Crippen molar-refractivity contribution in [3.8, 4) is 11.8 Å². The smallest absolute Gasteiger partial charge is 0.138 e. The molecule has 0 bridgehead atoms. The third kappa shape index (κ3) is 5.13. The molecule has 1 aliphatic heterocycles. The van der Waals surface area contributed by atoms with Crippen LogP contribution in [0.25, 0.3) is 0 Å². The molecule has 114 valence electrons. The van der Waals surface area contributed by atoms with Crippen LogP contribution >= 0.6 is 0 Å². The molecule has 0 aliphatic carbocycles. The first-order valence-corrected chi connectivity index (χ1v) is 7.37. The van der Waals surface area contributed by atoms with Crippen molar-refractivity contribution in [1.29, 1.82) is 0 Å². The van der Waals surface area contributed by atoms with Crippen LogP contribution in [0, 0.1) is 17.7 Å². The average Bonchev–Trinajstić information content (AvgIpc) is 2.48. The van der Waals surface area contributed by atoms with Crippen LogP contribution in [0.2, 0.25) is 0 Å². The molecule has 1 unspecified atom stereocenters. The number of benzene rings is 1. The van der Waals surface area contributed by atoms with E-state index >= 15 is 0 Å². The minimum atomic E-state index is -0.349. The molecule has 1 aliphatic rings. The molecule has 0 aromatic heterocycles. The van der Waals surface area contributed by atoms with Gasteiger partial charge in [0.25, 0.3) is 0 Å². The molecule has 21 heavy (non-hydrogen) atoms. The highest BCUT2D eigenvalue weighted by Crippen LogP contribution is 2.15. The molecule has 0 radical (unpaired) electrons. The standard InChI is InChI=1S/C17H22FNO2/c1-19(13-16-6-2-3-10-21-16)12-14-7-8-17(18)15(11-14)5-4-9-20/h7-8,11,16,20H,2-3,6,9-10,12-13H2,1H3. The molecule has 1 fully saturated rings. The first-order chi connectivity index (χ1) is 10.2. The van der Waals surface area contributed by atoms with E-state index in [0.717, 1.165) is 38.1 Å². The number of hydrogen-bond acceptors (Lipinski definition) is 3. The number of likely N-dealkylation sites (N-methyl/N-ethyl adjacent to an activating group) is 1. The van der Waals surface area contributed by atoms with Gasteiger partial charge in [0, 0.05) is 19.7 Å². The van der Waals surface area contributed by atoms with E-state index in [1.165, 1.54) is 12.5 Å². The van der Waals surface area contributed by atoms with Crippen LogP contribution in [0.4, 0.5) is 4.39 Å². The van der Waals surface area contributed by atoms with Crippen LogP contribution in [-0.4, -0.2) is 42.9 Å². The highest BCUT2D eigenvalue weighted by molar-refractivity contribution is 5.38. The summed E-state index contributed by atoms with van der Waals surface area (Å²) >= 11 is 0. The van der Waals surface area contributed by atoms with Gasteiger partial charge in [0.05, 0.1) is 11.7 Å². The summed E-state index contributed by atoms with van der Waals surface area (Å²) < 4.78 is 19.3. The Kier molecular flexibility index (Phi) is 6.19. The summed E-state index contributed by atoms with van der Waals surface area (Å²) in [6, 6.07) is 4.95. The van der Waals surface area contributed by atoms with Gasteiger partial charge in [-0.25, -0.2) is 4.39 Å². The van der Waals surface area contributed by atoms with E-state index in [1.54, 1.807) is 12.1 Å². The number of aliphatic hydroxyl groups is 1. The van der Waals surface area contributed by atoms with Gasteiger partial charge >= 0.3 is 0 Å². The van der Waals surface area contributed by atoms with Gasteiger partial charge in [0.2, 0.25) is 0 Å². The minimum absolute atomic E-state index is 0.261. The van der Waals surface area contributed by atoms with E-state index in [4.69, 9.17) is 9.84 Å². The molecule has 4 heteroatoms. The van der Waals surface area contributed by atoms with Gasteiger partial charge in [-0.3, -0.25) is 4.90 Å². The summed E-state index contributed by atoms with van der Waals surface area (Å²) in [4.78, 5) is 2.19. The van der Waals surface area contributed by atoms with Crippen molar-refractivity contribution in [2.75, 3.05) is 26.8 Å². The lowest BCUT2D eigenvalue weighted by Crippen LogP contribution is -2.33. The zero-order chi connectivity index (χ0) is 15.1. The van der Waals surface area contributed by atoms with Crippen molar-refractivity contribution in [3.05, 3.63) is 35.1 Å². The Labute approximate surface area is 125 Å². The largest absolute Gasteiger partial charge is 0.384 e. The Morgan fingerprint density at radius 3 is 3.00 bits per heavy atom. The average molecular weight is 291 g/mol. The third-order valence-electron chi connectivity index (χ3n) is 3.57. The molecule has 1 atom stereocenters. The predicted octanol–water partition coefficient (Wildman–Crippen LogP) is 2.17. The number of hydrogen-bond donors (Lipinski definition) is 1. The van der Waals surface area contributed by atoms with E-state index in [2.05, 4.69) is 16.7 Å². The van der Waals surface area contributed by atoms with Gasteiger partial charge in [0.15, 0.2) is 0 Å². The van der Waals surface area contributed by atoms with E-state index in [-0.39, 0.29) is 12.4 Å². The van der Waals surface area contributed by atoms with E-state index < -0.39 is 0 Å². The van der Waals surface area contributed by atoms with Crippen molar-refractivity contribution in [1.82, 2.24) is 4.90 Å². The van der Waals surface area contributed by atoms with E-state index in [0.29, 0.717) is 11.7 Å². The lowest BCUT2D eigenvalue weighted by Gasteiger charge is -2.27. The molecule has 1 N–H and O–H groups in total. The van der Waals surface area contributed by atoms with Gasteiger partial charge in [0.1, 0.15) is 12.4 Å². The van der Waals surface area contributed by atoms with Crippen LogP contribution in [0.5, 0.6) is 0 Å². The van der Waals surface area contributed by atoms with Crippen LogP contribution in [-0.2, 0) is 11.3 Å². The minimum Gasteiger partial charge on any atom is -0.384 e. The summed E-state index contributed by atoms with van der Waals surface area (Å²) in [5.74, 6) is 4.77. The van der Waals surface area contributed by atoms with Gasteiger partial charge in [-0.15, -0.1) is 0 Å². The van der Waals surface area contributed by atoms with Crippen LogP contribution in [0.3, 0.4) is 0 Å². The summed E-state index contributed by atoms with van der Waals surface area (Å²) in [7, 11) is 2.04. The quantitative estimate of drug-likeness (QED) is 0.863. The van der Waals surface area contributed by atoms with E-state index in [1.807, 2.05) is 7.05 Å². The molecular weight excluding hydrogens is 269 g/mol. The molecule has 2 rings (SSSR count). The molecule has 1 aromatic carbocycles. The Balaban J connectivity index is 1.95. The second-order valence-electron chi connectivity index (χ2n) is 5.46. The fraction of sp³-hybridized carbons (Fsp3) is 0.529. The molecule has 1 heterocycles. The number of nitrogens with zero attached hydrogens (tertiary/aromatic N) is 1. The maximum Gasteiger partial charge on any atom is 0.138 e. The Morgan fingerprint density at radius 1 is 1.43 bits per heavy atom. The van der Waals surface area contributed by atoms with E-state index in [9.17, 15) is 4.39 Å². The summed E-state index contributed by atoms with van der Waals surface area (Å²) in [6.07, 6.45) is 3.81. The Hall–Kier alpha value is -1.41. The van der Waals surface area contributed by atoms with Crippen LogP contribution in [0.15, 0.2) is 18.2 Å². The normalized spacial score (nSPS) is 18.4. The van der Waals surface area contributed by atoms with Crippen molar-refractivity contribution >= 4 is 0 Å². The fourth-order valence-electron chi connectivity index (χ4n) is 2.58. The summed E-state index contributed by atoms with van der Waals surface area (Å²) in [5.41, 5.74) is 1.35. The van der Waals surface area contributed by atoms with Crippen molar-refractivity contribution < 1.29 is 14.2 Å². The number of ether oxygens (including phenoxy) is 1. The predicted molar refractivity (Wildman–Crippen MR) is 80.3 cm³/mol. The van der Waals surface area contributed by atoms with Crippen molar-refractivity contribution in [2.45, 2.75) is 31.9 Å². The molecule has 0 amide bonds. The lowest BCUT2D eigenvalue weighted by molar-refractivity contribution is -0.00259. The highest BCUT2D eigenvalue weighted by Gasteiger charge is 2.16. The van der Waals surface area contributed by atoms with Gasteiger partial charge in [-0.1, -0.05) is 17.9 Å². The molecular formula is C17H22FNO2. The molecule has 1 aromatic rings. The van der Waals surface area contributed by atoms with Gasteiger partial charge in [-0.2, -0.15) is 0 Å². The van der Waals surface area contributed by atoms with Crippen LogP contribution < -0.4 is 0 Å². The van der Waals surface area contributed by atoms with Gasteiger partial charge < -0.3 is 9.84 Å². The molecule has 1 saturated heterocycles. The fourth-order valence-corrected chi connectivity index (χ4v) is 2.58. The Bertz CT molecular complexity index is 515. The molecule has 0 spiro atoms. The number of rotatable bonds is 4. The summed E-state index contributed by atoms with van der Waals surface area (Å²) in [6.45, 7) is 2.21. The second-order valence-corrected chi connectivity index (χ2v) is 5.46. The second kappa shape index (κ2) is 8.14. The first-order valence-electron chi connectivity index (χ1n) is 7.37. The van der Waals surface area contributed by atoms with Crippen molar-refractivity contribution in [3.63, 3.8) is 0 Å². The molecule has 0 saturated carbocycles. The summed E-state index contributed by atoms with van der Waals surface area (Å²) in [5, 5.41) is 8.70. The highest BCUT2D eigenvalue weighted by atomic mass is 19.1. The number of aliphatic hydroxyl groups excluding tert-OH is 1. The topological polar surface area (TPSA) is 32.7 Å². The van der Waals surface area contributed by atoms with Crippen molar-refractivity contribution in [2.24, 2.45) is 0 Å². The lowest BCUT2D eigenvalue weighted by atomic mass is 10.1. The number of halogens is 1. The monoisotopic (exact) mass is 291 g/mol. The maximum absolute atomic E-state index is 13.6. The zero-order valence-corrected chi connectivity index (χ0v) is 12.4. The zero-order valence-electron chi connectivity index (χ0n) is 12.4. The third-order valence-corrected chi connectivity index (χ3v) is 3.57. The Morgan fingerprint density at radius 2 is 2.29 bits per heavy atom. The van der Waals surface area contributed by atoms with Gasteiger partial charge in [-0.05, 0) is 44.0 Å².